The van der Waals surface area contributed by atoms with Crippen molar-refractivity contribution in [2.24, 2.45) is 0 Å². The molecule has 2 aromatic rings. The van der Waals surface area contributed by atoms with Gasteiger partial charge in [-0.25, -0.2) is 0 Å². The summed E-state index contributed by atoms with van der Waals surface area (Å²) in [5, 5.41) is 3.42. The topological polar surface area (TPSA) is 58.4 Å². The van der Waals surface area contributed by atoms with E-state index in [0.29, 0.717) is 22.0 Å². The van der Waals surface area contributed by atoms with Crippen molar-refractivity contribution in [2.45, 2.75) is 6.92 Å². The number of carbonyl (C=O) groups excluding carboxylic acids is 1. The SMILES string of the molecule is Cc1cc(C(=O)Nc2ccc(N(C)C)c(Cl)c2)ccc1N. The van der Waals surface area contributed by atoms with Crippen LogP contribution in [0, 0.1) is 6.92 Å². The fraction of sp³-hybridized carbons (Fsp3) is 0.188. The van der Waals surface area contributed by atoms with E-state index in [9.17, 15) is 4.79 Å². The highest BCUT2D eigenvalue weighted by Crippen LogP contribution is 2.27. The molecule has 0 aromatic heterocycles. The van der Waals surface area contributed by atoms with E-state index < -0.39 is 0 Å². The number of aryl methyl sites for hydroxylation is 1. The minimum Gasteiger partial charge on any atom is -0.399 e. The first kappa shape index (κ1) is 15.2. The van der Waals surface area contributed by atoms with Gasteiger partial charge in [-0.2, -0.15) is 0 Å². The molecule has 0 saturated carbocycles. The van der Waals surface area contributed by atoms with Gasteiger partial charge in [0.25, 0.3) is 5.91 Å². The summed E-state index contributed by atoms with van der Waals surface area (Å²) in [6, 6.07) is 10.6. The molecule has 0 aliphatic carbocycles. The molecule has 1 amide bonds. The number of rotatable bonds is 3. The van der Waals surface area contributed by atoms with Crippen molar-refractivity contribution in [3.05, 3.63) is 52.5 Å². The molecular weight excluding hydrogens is 286 g/mol. The fourth-order valence-electron chi connectivity index (χ4n) is 1.97. The second-order valence-corrected chi connectivity index (χ2v) is 5.49. The Balaban J connectivity index is 2.19. The van der Waals surface area contributed by atoms with Gasteiger partial charge in [0.1, 0.15) is 0 Å². The molecule has 3 N–H and O–H groups in total. The largest absolute Gasteiger partial charge is 0.399 e. The highest BCUT2D eigenvalue weighted by Gasteiger charge is 2.09. The lowest BCUT2D eigenvalue weighted by Crippen LogP contribution is -2.13. The molecule has 5 heteroatoms. The third-order valence-corrected chi connectivity index (χ3v) is 3.52. The van der Waals surface area contributed by atoms with Crippen molar-refractivity contribution in [2.75, 3.05) is 30.0 Å². The lowest BCUT2D eigenvalue weighted by Gasteiger charge is -2.15. The molecule has 0 saturated heterocycles. The zero-order valence-electron chi connectivity index (χ0n) is 12.3. The first-order chi connectivity index (χ1) is 9.88. The summed E-state index contributed by atoms with van der Waals surface area (Å²) in [5.41, 5.74) is 9.42. The molecule has 0 fully saturated rings. The molecule has 4 nitrogen and oxygen atoms in total. The minimum atomic E-state index is -0.188. The zero-order valence-corrected chi connectivity index (χ0v) is 13.0. The van der Waals surface area contributed by atoms with E-state index in [0.717, 1.165) is 11.3 Å². The van der Waals surface area contributed by atoms with Gasteiger partial charge in [-0.3, -0.25) is 4.79 Å². The Labute approximate surface area is 129 Å². The molecule has 0 bridgehead atoms. The summed E-state index contributed by atoms with van der Waals surface area (Å²) in [7, 11) is 3.83. The van der Waals surface area contributed by atoms with E-state index in [1.807, 2.05) is 38.1 Å². The van der Waals surface area contributed by atoms with Crippen LogP contribution in [-0.2, 0) is 0 Å². The zero-order chi connectivity index (χ0) is 15.6. The van der Waals surface area contributed by atoms with Crippen LogP contribution in [0.2, 0.25) is 5.02 Å². The van der Waals surface area contributed by atoms with Gasteiger partial charge < -0.3 is 16.0 Å². The predicted octanol–water partition coefficient (Wildman–Crippen LogP) is 3.55. The fourth-order valence-corrected chi connectivity index (χ4v) is 2.32. The first-order valence-electron chi connectivity index (χ1n) is 6.53. The number of nitrogens with two attached hydrogens (primary N) is 1. The van der Waals surface area contributed by atoms with Gasteiger partial charge in [0, 0.05) is 31.0 Å². The number of nitrogens with zero attached hydrogens (tertiary/aromatic N) is 1. The molecule has 0 spiro atoms. The molecule has 21 heavy (non-hydrogen) atoms. The first-order valence-corrected chi connectivity index (χ1v) is 6.90. The molecule has 0 heterocycles. The molecule has 2 rings (SSSR count). The van der Waals surface area contributed by atoms with Crippen molar-refractivity contribution in [3.8, 4) is 0 Å². The Kier molecular flexibility index (Phi) is 4.38. The Morgan fingerprint density at radius 2 is 1.90 bits per heavy atom. The van der Waals surface area contributed by atoms with Crippen LogP contribution in [0.5, 0.6) is 0 Å². The number of carbonyl (C=O) groups is 1. The van der Waals surface area contributed by atoms with E-state index in [-0.39, 0.29) is 5.91 Å². The number of nitrogen functional groups attached to an aromatic ring is 1. The van der Waals surface area contributed by atoms with Gasteiger partial charge in [-0.15, -0.1) is 0 Å². The van der Waals surface area contributed by atoms with E-state index in [4.69, 9.17) is 17.3 Å². The van der Waals surface area contributed by atoms with Crippen LogP contribution in [0.1, 0.15) is 15.9 Å². The van der Waals surface area contributed by atoms with Crippen LogP contribution in [0.15, 0.2) is 36.4 Å². The van der Waals surface area contributed by atoms with Crippen molar-refractivity contribution in [1.82, 2.24) is 0 Å². The molecule has 0 aliphatic rings. The van der Waals surface area contributed by atoms with Crippen LogP contribution < -0.4 is 16.0 Å². The van der Waals surface area contributed by atoms with Crippen LogP contribution in [0.25, 0.3) is 0 Å². The minimum absolute atomic E-state index is 0.188. The number of hydrogen-bond donors (Lipinski definition) is 2. The van der Waals surface area contributed by atoms with Gasteiger partial charge >= 0.3 is 0 Å². The van der Waals surface area contributed by atoms with Crippen molar-refractivity contribution in [3.63, 3.8) is 0 Å². The van der Waals surface area contributed by atoms with E-state index >= 15 is 0 Å². The standard InChI is InChI=1S/C16H18ClN3O/c1-10-8-11(4-6-14(10)18)16(21)19-12-5-7-15(20(2)3)13(17)9-12/h4-9H,18H2,1-3H3,(H,19,21). The highest BCUT2D eigenvalue weighted by molar-refractivity contribution is 6.33. The molecule has 0 aliphatic heterocycles. The normalized spacial score (nSPS) is 10.3. The summed E-state index contributed by atoms with van der Waals surface area (Å²) < 4.78 is 0. The quantitative estimate of drug-likeness (QED) is 0.853. The molecule has 0 radical (unpaired) electrons. The summed E-state index contributed by atoms with van der Waals surface area (Å²) >= 11 is 6.19. The number of anilines is 3. The monoisotopic (exact) mass is 303 g/mol. The number of benzene rings is 2. The second kappa shape index (κ2) is 6.06. The average molecular weight is 304 g/mol. The number of hydrogen-bond acceptors (Lipinski definition) is 3. The summed E-state index contributed by atoms with van der Waals surface area (Å²) in [6.07, 6.45) is 0. The molecule has 0 atom stereocenters. The average Bonchev–Trinajstić information content (AvgIpc) is 2.41. The molecular formula is C16H18ClN3O. The van der Waals surface area contributed by atoms with Crippen molar-refractivity contribution in [1.29, 1.82) is 0 Å². The van der Waals surface area contributed by atoms with E-state index in [2.05, 4.69) is 5.32 Å². The maximum absolute atomic E-state index is 12.2. The molecule has 0 unspecified atom stereocenters. The van der Waals surface area contributed by atoms with Gasteiger partial charge in [0.15, 0.2) is 0 Å². The number of nitrogens with one attached hydrogen (secondary N) is 1. The molecule has 2 aromatic carbocycles. The smallest absolute Gasteiger partial charge is 0.255 e. The second-order valence-electron chi connectivity index (χ2n) is 5.09. The van der Waals surface area contributed by atoms with Gasteiger partial charge in [0.2, 0.25) is 0 Å². The van der Waals surface area contributed by atoms with E-state index in [1.54, 1.807) is 24.3 Å². The lowest BCUT2D eigenvalue weighted by atomic mass is 10.1. The molecule has 110 valence electrons. The van der Waals surface area contributed by atoms with Crippen LogP contribution in [0.4, 0.5) is 17.1 Å². The highest BCUT2D eigenvalue weighted by atomic mass is 35.5. The maximum atomic E-state index is 12.2. The third-order valence-electron chi connectivity index (χ3n) is 3.22. The lowest BCUT2D eigenvalue weighted by molar-refractivity contribution is 0.102. The van der Waals surface area contributed by atoms with Crippen molar-refractivity contribution < 1.29 is 4.79 Å². The third kappa shape index (κ3) is 3.47. The van der Waals surface area contributed by atoms with Crippen LogP contribution >= 0.6 is 11.6 Å². The number of halogens is 1. The Morgan fingerprint density at radius 3 is 2.48 bits per heavy atom. The van der Waals surface area contributed by atoms with Gasteiger partial charge in [0.05, 0.1) is 10.7 Å². The summed E-state index contributed by atoms with van der Waals surface area (Å²) in [5.74, 6) is -0.188. The van der Waals surface area contributed by atoms with Crippen molar-refractivity contribution >= 4 is 34.6 Å². The maximum Gasteiger partial charge on any atom is 0.255 e. The van der Waals surface area contributed by atoms with Gasteiger partial charge in [-0.1, -0.05) is 11.6 Å². The summed E-state index contributed by atoms with van der Waals surface area (Å²) in [6.45, 7) is 1.87. The van der Waals surface area contributed by atoms with Crippen LogP contribution in [-0.4, -0.2) is 20.0 Å². The Bertz CT molecular complexity index is 683. The Morgan fingerprint density at radius 1 is 1.19 bits per heavy atom. The Hall–Kier alpha value is -2.20. The van der Waals surface area contributed by atoms with Crippen LogP contribution in [0.3, 0.4) is 0 Å². The summed E-state index contributed by atoms with van der Waals surface area (Å²) in [4.78, 5) is 14.1. The van der Waals surface area contributed by atoms with E-state index in [1.165, 1.54) is 0 Å². The predicted molar refractivity (Wildman–Crippen MR) is 89.3 cm³/mol. The van der Waals surface area contributed by atoms with Gasteiger partial charge in [-0.05, 0) is 48.9 Å². The number of amides is 1.